The summed E-state index contributed by atoms with van der Waals surface area (Å²) in [5.41, 5.74) is 2.96. The SMILES string of the molecule is CON1CCC2(CC1)C(=O)C(c1c(C)cc(C)cc1C)C(=O)N2OC1CCOC1. The largest absolute Gasteiger partial charge is 0.379 e. The number of hydrogen-bond donors (Lipinski definition) is 0. The number of piperidine rings is 1. The minimum atomic E-state index is -0.941. The van der Waals surface area contributed by atoms with Crippen LogP contribution in [0.25, 0.3) is 0 Å². The van der Waals surface area contributed by atoms with E-state index in [0.717, 1.165) is 28.7 Å². The zero-order valence-corrected chi connectivity index (χ0v) is 17.7. The van der Waals surface area contributed by atoms with Crippen molar-refractivity contribution in [3.63, 3.8) is 0 Å². The Kier molecular flexibility index (Phi) is 5.50. The molecule has 3 fully saturated rings. The maximum Gasteiger partial charge on any atom is 0.262 e. The molecule has 1 spiro atoms. The monoisotopic (exact) mass is 402 g/mol. The van der Waals surface area contributed by atoms with Crippen molar-refractivity contribution in [1.29, 1.82) is 0 Å². The molecule has 7 nitrogen and oxygen atoms in total. The number of carbonyl (C=O) groups is 2. The standard InChI is InChI=1S/C22H30N2O5/c1-14-11-15(2)18(16(3)12-14)19-20(25)22(6-8-23(27-4)9-7-22)24(21(19)26)29-17-5-10-28-13-17/h11-12,17,19H,5-10,13H2,1-4H3. The van der Waals surface area contributed by atoms with Gasteiger partial charge in [0, 0.05) is 26.1 Å². The van der Waals surface area contributed by atoms with Crippen LogP contribution in [0.4, 0.5) is 0 Å². The summed E-state index contributed by atoms with van der Waals surface area (Å²) >= 11 is 0. The van der Waals surface area contributed by atoms with Crippen molar-refractivity contribution in [2.75, 3.05) is 33.4 Å². The van der Waals surface area contributed by atoms with Crippen molar-refractivity contribution in [3.05, 3.63) is 34.4 Å². The van der Waals surface area contributed by atoms with Crippen LogP contribution in [0.5, 0.6) is 0 Å². The Bertz CT molecular complexity index is 786. The molecule has 0 radical (unpaired) electrons. The summed E-state index contributed by atoms with van der Waals surface area (Å²) in [4.78, 5) is 38.9. The van der Waals surface area contributed by atoms with Gasteiger partial charge in [-0.3, -0.25) is 14.4 Å². The van der Waals surface area contributed by atoms with E-state index in [1.165, 1.54) is 5.06 Å². The first kappa shape index (κ1) is 20.5. The van der Waals surface area contributed by atoms with Crippen molar-refractivity contribution in [2.24, 2.45) is 0 Å². The van der Waals surface area contributed by atoms with Gasteiger partial charge < -0.3 is 9.57 Å². The molecule has 158 valence electrons. The van der Waals surface area contributed by atoms with Gasteiger partial charge in [0.05, 0.1) is 13.7 Å². The maximum atomic E-state index is 13.8. The van der Waals surface area contributed by atoms with Crippen molar-refractivity contribution >= 4 is 11.7 Å². The Hall–Kier alpha value is -1.80. The van der Waals surface area contributed by atoms with Gasteiger partial charge in [0.15, 0.2) is 5.78 Å². The van der Waals surface area contributed by atoms with E-state index in [-0.39, 0.29) is 17.8 Å². The molecule has 0 N–H and O–H groups in total. The highest BCUT2D eigenvalue weighted by molar-refractivity contribution is 6.17. The minimum Gasteiger partial charge on any atom is -0.379 e. The number of ether oxygens (including phenoxy) is 1. The predicted octanol–water partition coefficient (Wildman–Crippen LogP) is 2.22. The van der Waals surface area contributed by atoms with Gasteiger partial charge >= 0.3 is 0 Å². The van der Waals surface area contributed by atoms with Crippen LogP contribution < -0.4 is 0 Å². The number of nitrogens with zero attached hydrogens (tertiary/aromatic N) is 2. The fourth-order valence-corrected chi connectivity index (χ4v) is 5.10. The van der Waals surface area contributed by atoms with Crippen LogP contribution >= 0.6 is 0 Å². The quantitative estimate of drug-likeness (QED) is 0.720. The lowest BCUT2D eigenvalue weighted by Crippen LogP contribution is -2.57. The van der Waals surface area contributed by atoms with E-state index in [9.17, 15) is 9.59 Å². The summed E-state index contributed by atoms with van der Waals surface area (Å²) < 4.78 is 5.43. The van der Waals surface area contributed by atoms with Gasteiger partial charge in [0.1, 0.15) is 17.6 Å². The van der Waals surface area contributed by atoms with Gasteiger partial charge in [-0.15, -0.1) is 0 Å². The van der Waals surface area contributed by atoms with E-state index in [0.29, 0.717) is 39.1 Å². The van der Waals surface area contributed by atoms with Crippen LogP contribution in [0.1, 0.15) is 47.4 Å². The number of carbonyl (C=O) groups excluding carboxylic acids is 2. The lowest BCUT2D eigenvalue weighted by Gasteiger charge is -2.42. The smallest absolute Gasteiger partial charge is 0.262 e. The molecule has 4 rings (SSSR count). The molecule has 3 aliphatic rings. The maximum absolute atomic E-state index is 13.8. The van der Waals surface area contributed by atoms with Crippen molar-refractivity contribution in [1.82, 2.24) is 10.1 Å². The first-order valence-corrected chi connectivity index (χ1v) is 10.4. The molecule has 3 saturated heterocycles. The van der Waals surface area contributed by atoms with Crippen molar-refractivity contribution in [3.8, 4) is 0 Å². The van der Waals surface area contributed by atoms with Crippen LogP contribution in [0.2, 0.25) is 0 Å². The van der Waals surface area contributed by atoms with Crippen LogP contribution in [-0.4, -0.2) is 66.9 Å². The van der Waals surface area contributed by atoms with Crippen LogP contribution in [0.15, 0.2) is 12.1 Å². The molecular weight excluding hydrogens is 372 g/mol. The second kappa shape index (κ2) is 7.80. The zero-order chi connectivity index (χ0) is 20.8. The summed E-state index contributed by atoms with van der Waals surface area (Å²) in [5, 5.41) is 3.25. The number of rotatable bonds is 4. The highest BCUT2D eigenvalue weighted by Gasteiger charge is 2.61. The Morgan fingerprint density at radius 1 is 1.10 bits per heavy atom. The number of aryl methyl sites for hydroxylation is 3. The molecule has 0 bridgehead atoms. The average molecular weight is 402 g/mol. The average Bonchev–Trinajstić information content (AvgIpc) is 3.26. The van der Waals surface area contributed by atoms with E-state index >= 15 is 0 Å². The highest BCUT2D eigenvalue weighted by atomic mass is 16.7. The highest BCUT2D eigenvalue weighted by Crippen LogP contribution is 2.45. The van der Waals surface area contributed by atoms with Crippen molar-refractivity contribution in [2.45, 2.75) is 57.6 Å². The molecule has 0 aromatic heterocycles. The summed E-state index contributed by atoms with van der Waals surface area (Å²) in [6.07, 6.45) is 1.53. The summed E-state index contributed by atoms with van der Waals surface area (Å²) in [6, 6.07) is 4.08. The minimum absolute atomic E-state index is 0.0489. The number of hydrogen-bond acceptors (Lipinski definition) is 6. The molecule has 1 amide bonds. The zero-order valence-electron chi connectivity index (χ0n) is 17.7. The lowest BCUT2D eigenvalue weighted by molar-refractivity contribution is -0.246. The topological polar surface area (TPSA) is 68.3 Å². The van der Waals surface area contributed by atoms with Gasteiger partial charge in [0.2, 0.25) is 0 Å². The molecule has 2 atom stereocenters. The van der Waals surface area contributed by atoms with E-state index in [1.54, 1.807) is 7.11 Å². The van der Waals surface area contributed by atoms with E-state index < -0.39 is 11.5 Å². The van der Waals surface area contributed by atoms with E-state index in [2.05, 4.69) is 0 Å². The van der Waals surface area contributed by atoms with Gasteiger partial charge in [0.25, 0.3) is 5.91 Å². The Morgan fingerprint density at radius 2 is 1.76 bits per heavy atom. The third-order valence-corrected chi connectivity index (χ3v) is 6.53. The number of ketones is 1. The van der Waals surface area contributed by atoms with E-state index in [1.807, 2.05) is 38.0 Å². The summed E-state index contributed by atoms with van der Waals surface area (Å²) in [5.74, 6) is -1.11. The van der Waals surface area contributed by atoms with Gasteiger partial charge in [-0.2, -0.15) is 5.06 Å². The fourth-order valence-electron chi connectivity index (χ4n) is 5.10. The van der Waals surface area contributed by atoms with Crippen LogP contribution in [0.3, 0.4) is 0 Å². The number of Topliss-reactive ketones (excluding diaryl/α,β-unsaturated/α-hetero) is 1. The molecule has 3 heterocycles. The second-order valence-electron chi connectivity index (χ2n) is 8.48. The predicted molar refractivity (Wildman–Crippen MR) is 106 cm³/mol. The molecular formula is C22H30N2O5. The molecule has 1 aromatic rings. The first-order chi connectivity index (χ1) is 13.9. The van der Waals surface area contributed by atoms with Crippen LogP contribution in [0, 0.1) is 20.8 Å². The number of amides is 1. The van der Waals surface area contributed by atoms with Crippen molar-refractivity contribution < 1.29 is 24.0 Å². The number of hydroxylamine groups is 4. The van der Waals surface area contributed by atoms with Gasteiger partial charge in [-0.05, 0) is 50.3 Å². The molecule has 0 saturated carbocycles. The van der Waals surface area contributed by atoms with Gasteiger partial charge in [-0.25, -0.2) is 5.06 Å². The lowest BCUT2D eigenvalue weighted by atomic mass is 9.79. The third kappa shape index (κ3) is 3.40. The summed E-state index contributed by atoms with van der Waals surface area (Å²) in [7, 11) is 1.63. The fraction of sp³-hybridized carbons (Fsp3) is 0.636. The third-order valence-electron chi connectivity index (χ3n) is 6.53. The van der Waals surface area contributed by atoms with Gasteiger partial charge in [-0.1, -0.05) is 17.7 Å². The van der Waals surface area contributed by atoms with Crippen LogP contribution in [-0.2, 0) is 24.0 Å². The Morgan fingerprint density at radius 3 is 2.31 bits per heavy atom. The number of benzene rings is 1. The molecule has 29 heavy (non-hydrogen) atoms. The second-order valence-corrected chi connectivity index (χ2v) is 8.48. The molecule has 0 aliphatic carbocycles. The molecule has 2 unspecified atom stereocenters. The Labute approximate surface area is 171 Å². The Balaban J connectivity index is 1.73. The van der Waals surface area contributed by atoms with E-state index in [4.69, 9.17) is 14.4 Å². The summed E-state index contributed by atoms with van der Waals surface area (Å²) in [6.45, 7) is 8.20. The normalized spacial score (nSPS) is 27.4. The first-order valence-electron chi connectivity index (χ1n) is 10.4. The molecule has 1 aromatic carbocycles. The molecule has 7 heteroatoms. The molecule has 3 aliphatic heterocycles.